The number of ketones is 1. The van der Waals surface area contributed by atoms with Crippen LogP contribution < -0.4 is 4.90 Å². The molecule has 9 heteroatoms. The summed E-state index contributed by atoms with van der Waals surface area (Å²) in [6.07, 6.45) is -4.84. The number of alkyl halides is 3. The first-order chi connectivity index (χ1) is 9.79. The Morgan fingerprint density at radius 3 is 1.95 bits per heavy atom. The Kier molecular flexibility index (Phi) is 7.35. The Bertz CT molecular complexity index is 503. The van der Waals surface area contributed by atoms with Crippen molar-refractivity contribution in [2.45, 2.75) is 10.9 Å². The minimum atomic E-state index is -4.84. The molecule has 0 bridgehead atoms. The van der Waals surface area contributed by atoms with Gasteiger partial charge in [-0.05, 0) is 24.3 Å². The maximum atomic E-state index is 12.3. The van der Waals surface area contributed by atoms with Crippen molar-refractivity contribution in [3.8, 4) is 0 Å². The van der Waals surface area contributed by atoms with Gasteiger partial charge in [0, 0.05) is 59.8 Å². The molecule has 1 aromatic carbocycles. The van der Waals surface area contributed by atoms with E-state index in [1.165, 1.54) is 24.3 Å². The summed E-state index contributed by atoms with van der Waals surface area (Å²) >= 11 is 10.0. The van der Waals surface area contributed by atoms with Gasteiger partial charge in [0.2, 0.25) is 0 Å². The number of halogens is 3. The Morgan fingerprint density at radius 1 is 1.05 bits per heavy atom. The predicted molar refractivity (Wildman–Crippen MR) is 79.1 cm³/mol. The topological polar surface area (TPSA) is 23.6 Å². The van der Waals surface area contributed by atoms with Crippen molar-refractivity contribution in [1.29, 1.82) is 0 Å². The normalized spacial score (nSPS) is 16.5. The summed E-state index contributed by atoms with van der Waals surface area (Å²) < 4.78 is 36.6. The van der Waals surface area contributed by atoms with E-state index in [2.05, 4.69) is 0 Å². The van der Waals surface area contributed by atoms with Crippen LogP contribution in [0.2, 0.25) is 0 Å². The molecule has 0 spiro atoms. The SMILES string of the molecule is O=C(c1ccc(N2CCN(C([S-])[S-])CC2)cc1)C(F)(F)F.[Au]. The van der Waals surface area contributed by atoms with Crippen LogP contribution in [-0.2, 0) is 47.6 Å². The maximum absolute atomic E-state index is 12.3. The summed E-state index contributed by atoms with van der Waals surface area (Å²) in [6.45, 7) is 2.86. The predicted octanol–water partition coefficient (Wildman–Crippen LogP) is 1.93. The largest absolute Gasteiger partial charge is 0.800 e. The zero-order chi connectivity index (χ0) is 15.6. The van der Waals surface area contributed by atoms with Gasteiger partial charge in [0.05, 0.1) is 0 Å². The van der Waals surface area contributed by atoms with E-state index in [9.17, 15) is 18.0 Å². The molecule has 0 unspecified atom stereocenters. The van der Waals surface area contributed by atoms with Crippen LogP contribution in [0, 0.1) is 0 Å². The van der Waals surface area contributed by atoms with Gasteiger partial charge in [-0.3, -0.25) is 4.79 Å². The fraction of sp³-hybridized carbons (Fsp3) is 0.462. The van der Waals surface area contributed by atoms with E-state index in [-0.39, 0.29) is 32.6 Å². The van der Waals surface area contributed by atoms with E-state index >= 15 is 0 Å². The summed E-state index contributed by atoms with van der Waals surface area (Å²) in [5.41, 5.74) is 0.444. The van der Waals surface area contributed by atoms with Crippen LogP contribution in [0.25, 0.3) is 0 Å². The first-order valence-electron chi connectivity index (χ1n) is 6.31. The van der Waals surface area contributed by atoms with Gasteiger partial charge in [-0.15, -0.1) is 0 Å². The fourth-order valence-corrected chi connectivity index (χ4v) is 2.60. The van der Waals surface area contributed by atoms with Gasteiger partial charge in [0.15, 0.2) is 0 Å². The third-order valence-electron chi connectivity index (χ3n) is 3.36. The number of carbonyl (C=O) groups is 1. The van der Waals surface area contributed by atoms with Crippen molar-refractivity contribution in [1.82, 2.24) is 4.90 Å². The molecule has 1 aromatic rings. The Hall–Kier alpha value is -0.120. The van der Waals surface area contributed by atoms with Crippen molar-refractivity contribution in [2.24, 2.45) is 0 Å². The van der Waals surface area contributed by atoms with Gasteiger partial charge in [-0.2, -0.15) is 13.2 Å². The van der Waals surface area contributed by atoms with Crippen LogP contribution in [0.3, 0.4) is 0 Å². The van der Waals surface area contributed by atoms with Crippen molar-refractivity contribution >= 4 is 36.7 Å². The zero-order valence-electron chi connectivity index (χ0n) is 11.3. The average molecular weight is 531 g/mol. The molecule has 0 amide bonds. The maximum Gasteiger partial charge on any atom is 0.454 e. The fourth-order valence-electron chi connectivity index (χ4n) is 2.18. The van der Waals surface area contributed by atoms with E-state index in [0.717, 1.165) is 18.8 Å². The molecule has 0 atom stereocenters. The number of rotatable bonds is 3. The molecule has 0 N–H and O–H groups in total. The number of hydrogen-bond acceptors (Lipinski definition) is 5. The van der Waals surface area contributed by atoms with Crippen molar-refractivity contribution in [3.63, 3.8) is 0 Å². The first kappa shape index (κ1) is 19.9. The molecule has 22 heavy (non-hydrogen) atoms. The Morgan fingerprint density at radius 2 is 1.55 bits per heavy atom. The Labute approximate surface area is 153 Å². The molecule has 1 aliphatic rings. The molecule has 1 fully saturated rings. The second kappa shape index (κ2) is 8.12. The molecule has 3 nitrogen and oxygen atoms in total. The van der Waals surface area contributed by atoms with Crippen LogP contribution in [0.1, 0.15) is 10.4 Å². The van der Waals surface area contributed by atoms with Crippen LogP contribution in [0.4, 0.5) is 18.9 Å². The van der Waals surface area contributed by atoms with Crippen molar-refractivity contribution in [3.05, 3.63) is 29.8 Å². The van der Waals surface area contributed by atoms with Crippen LogP contribution in [0.5, 0.6) is 0 Å². The van der Waals surface area contributed by atoms with Crippen LogP contribution in [0.15, 0.2) is 24.3 Å². The third kappa shape index (κ3) is 4.94. The molecule has 2 rings (SSSR count). The van der Waals surface area contributed by atoms with Gasteiger partial charge in [-0.1, -0.05) is 0 Å². The summed E-state index contributed by atoms with van der Waals surface area (Å²) in [7, 11) is 0. The molecule has 0 aliphatic carbocycles. The van der Waals surface area contributed by atoms with E-state index < -0.39 is 12.0 Å². The molecule has 0 saturated carbocycles. The number of hydrogen-bond donors (Lipinski definition) is 0. The molecule has 1 aliphatic heterocycles. The van der Waals surface area contributed by atoms with Crippen LogP contribution in [-0.4, -0.2) is 47.7 Å². The summed E-state index contributed by atoms with van der Waals surface area (Å²) in [5, 5.41) is 0. The second-order valence-electron chi connectivity index (χ2n) is 4.70. The minimum absolute atomic E-state index is 0. The summed E-state index contributed by atoms with van der Waals surface area (Å²) in [4.78, 5) is 15.1. The van der Waals surface area contributed by atoms with Crippen LogP contribution >= 0.6 is 0 Å². The second-order valence-corrected chi connectivity index (χ2v) is 5.90. The first-order valence-corrected chi connectivity index (χ1v) is 7.25. The van der Waals surface area contributed by atoms with E-state index in [0.29, 0.717) is 13.1 Å². The molecular formula is C13H13AuF3N2OS2-2. The molecule has 1 saturated heterocycles. The van der Waals surface area contributed by atoms with Gasteiger partial charge in [0.1, 0.15) is 0 Å². The monoisotopic (exact) mass is 531 g/mol. The van der Waals surface area contributed by atoms with Crippen molar-refractivity contribution in [2.75, 3.05) is 31.1 Å². The quantitative estimate of drug-likeness (QED) is 0.337. The summed E-state index contributed by atoms with van der Waals surface area (Å²) in [6, 6.07) is 5.49. The number of Topliss-reactive ketones (excluding diaryl/α,β-unsaturated/α-hetero) is 1. The number of piperazine rings is 1. The Balaban J connectivity index is 0.00000242. The molecule has 1 radical (unpaired) electrons. The number of nitrogens with zero attached hydrogens (tertiary/aromatic N) is 2. The van der Waals surface area contributed by atoms with E-state index in [1.807, 2.05) is 9.80 Å². The van der Waals surface area contributed by atoms with E-state index in [4.69, 9.17) is 25.3 Å². The van der Waals surface area contributed by atoms with Gasteiger partial charge in [0.25, 0.3) is 5.78 Å². The van der Waals surface area contributed by atoms with E-state index in [1.54, 1.807) is 0 Å². The molecule has 0 aromatic heterocycles. The van der Waals surface area contributed by atoms with Gasteiger partial charge >= 0.3 is 6.18 Å². The molecular weight excluding hydrogens is 518 g/mol. The third-order valence-corrected chi connectivity index (χ3v) is 3.96. The molecule has 127 valence electrons. The standard InChI is InChI=1S/C13H15F3N2OS2.Au/c14-13(15,16)11(19)9-1-3-10(4-2-9)17-5-7-18(8-6-17)12(20)21;/h1-4,12,20-21H,5-8H2;/p-2. The average Bonchev–Trinajstić information content (AvgIpc) is 2.46. The zero-order valence-corrected chi connectivity index (χ0v) is 15.1. The van der Waals surface area contributed by atoms with Gasteiger partial charge < -0.3 is 35.1 Å². The summed E-state index contributed by atoms with van der Waals surface area (Å²) in [5.74, 6) is -1.82. The number of benzene rings is 1. The molecule has 1 heterocycles. The minimum Gasteiger partial charge on any atom is -0.800 e. The van der Waals surface area contributed by atoms with Crippen molar-refractivity contribution < 1.29 is 40.3 Å². The number of anilines is 1. The smallest absolute Gasteiger partial charge is 0.454 e. The van der Waals surface area contributed by atoms with Gasteiger partial charge in [-0.25, -0.2) is 4.71 Å². The number of carbonyl (C=O) groups excluding carboxylic acids is 1.